The van der Waals surface area contributed by atoms with Gasteiger partial charge in [-0.05, 0) is 51.8 Å². The Kier molecular flexibility index (Phi) is 5.14. The number of carbonyl (C=O) groups excluding carboxylic acids is 2. The molecular formula is C21H15BrClNO3S. The van der Waals surface area contributed by atoms with Gasteiger partial charge in [-0.2, -0.15) is 0 Å². The van der Waals surface area contributed by atoms with Crippen molar-refractivity contribution in [2.24, 2.45) is 0 Å². The van der Waals surface area contributed by atoms with Crippen LogP contribution in [-0.2, 0) is 16.9 Å². The van der Waals surface area contributed by atoms with Gasteiger partial charge in [-0.3, -0.25) is 9.59 Å². The van der Waals surface area contributed by atoms with E-state index in [4.69, 9.17) is 11.6 Å². The summed E-state index contributed by atoms with van der Waals surface area (Å²) < 4.78 is 0.824. The largest absolute Gasteiger partial charge is 0.375 e. The van der Waals surface area contributed by atoms with E-state index in [1.54, 1.807) is 42.5 Å². The van der Waals surface area contributed by atoms with E-state index in [9.17, 15) is 14.7 Å². The molecule has 28 heavy (non-hydrogen) atoms. The number of rotatable bonds is 5. The average molecular weight is 477 g/mol. The SMILES string of the molecule is O=C(CC1(O)C(=O)N(Cc2ccc(Cl)cc2)c2ccccc21)c1ccc(Br)s1. The van der Waals surface area contributed by atoms with Gasteiger partial charge in [-0.25, -0.2) is 0 Å². The highest BCUT2D eigenvalue weighted by atomic mass is 79.9. The van der Waals surface area contributed by atoms with Gasteiger partial charge in [0.2, 0.25) is 0 Å². The molecule has 3 aromatic rings. The van der Waals surface area contributed by atoms with Crippen LogP contribution in [0.2, 0.25) is 5.02 Å². The number of thiophene rings is 1. The van der Waals surface area contributed by atoms with Gasteiger partial charge in [0.15, 0.2) is 11.4 Å². The molecule has 142 valence electrons. The molecule has 1 amide bonds. The maximum absolute atomic E-state index is 13.2. The molecule has 1 aliphatic heterocycles. The molecule has 4 nitrogen and oxygen atoms in total. The van der Waals surface area contributed by atoms with Crippen molar-refractivity contribution in [1.82, 2.24) is 0 Å². The minimum absolute atomic E-state index is 0.269. The van der Waals surface area contributed by atoms with E-state index in [1.165, 1.54) is 16.2 Å². The minimum Gasteiger partial charge on any atom is -0.375 e. The Labute approximate surface area is 179 Å². The van der Waals surface area contributed by atoms with E-state index in [-0.39, 0.29) is 18.7 Å². The Hall–Kier alpha value is -1.99. The van der Waals surface area contributed by atoms with Crippen LogP contribution in [0, 0.1) is 0 Å². The summed E-state index contributed by atoms with van der Waals surface area (Å²) in [4.78, 5) is 28.0. The van der Waals surface area contributed by atoms with Crippen LogP contribution in [0.4, 0.5) is 5.69 Å². The lowest BCUT2D eigenvalue weighted by molar-refractivity contribution is -0.136. The molecule has 1 aromatic heterocycles. The number of amides is 1. The zero-order valence-corrected chi connectivity index (χ0v) is 17.7. The highest BCUT2D eigenvalue weighted by molar-refractivity contribution is 9.11. The van der Waals surface area contributed by atoms with Gasteiger partial charge >= 0.3 is 0 Å². The predicted molar refractivity (Wildman–Crippen MR) is 114 cm³/mol. The summed E-state index contributed by atoms with van der Waals surface area (Å²) in [5.41, 5.74) is 0.0738. The molecule has 0 radical (unpaired) electrons. The van der Waals surface area contributed by atoms with Crippen molar-refractivity contribution >= 4 is 56.2 Å². The Balaban J connectivity index is 1.67. The smallest absolute Gasteiger partial charge is 0.264 e. The predicted octanol–water partition coefficient (Wildman–Crippen LogP) is 5.17. The van der Waals surface area contributed by atoms with E-state index < -0.39 is 11.5 Å². The third kappa shape index (κ3) is 3.42. The molecule has 0 aliphatic carbocycles. The Bertz CT molecular complexity index is 1070. The van der Waals surface area contributed by atoms with Crippen LogP contribution < -0.4 is 4.90 Å². The van der Waals surface area contributed by atoms with Crippen LogP contribution in [-0.4, -0.2) is 16.8 Å². The van der Waals surface area contributed by atoms with Crippen LogP contribution in [0.15, 0.2) is 64.5 Å². The van der Waals surface area contributed by atoms with Crippen LogP contribution in [0.25, 0.3) is 0 Å². The summed E-state index contributed by atoms with van der Waals surface area (Å²) in [6.45, 7) is 0.286. The molecule has 0 saturated heterocycles. The van der Waals surface area contributed by atoms with E-state index >= 15 is 0 Å². The molecular weight excluding hydrogens is 462 g/mol. The molecule has 1 unspecified atom stereocenters. The molecule has 0 spiro atoms. The minimum atomic E-state index is -1.88. The molecule has 2 aromatic carbocycles. The fourth-order valence-electron chi connectivity index (χ4n) is 3.39. The number of ketones is 1. The van der Waals surface area contributed by atoms with E-state index in [2.05, 4.69) is 15.9 Å². The molecule has 7 heteroatoms. The van der Waals surface area contributed by atoms with Gasteiger partial charge in [-0.1, -0.05) is 41.9 Å². The molecule has 0 bridgehead atoms. The molecule has 0 fully saturated rings. The standard InChI is InChI=1S/C21H15BrClNO3S/c22-19-10-9-18(28-19)17(25)11-21(27)15-3-1-2-4-16(15)24(20(21)26)12-13-5-7-14(23)8-6-13/h1-10,27H,11-12H2. The van der Waals surface area contributed by atoms with Crippen molar-refractivity contribution in [2.45, 2.75) is 18.6 Å². The van der Waals surface area contributed by atoms with Crippen LogP contribution in [0.1, 0.15) is 27.2 Å². The number of carbonyl (C=O) groups is 2. The third-order valence-corrected chi connectivity index (χ3v) is 6.67. The lowest BCUT2D eigenvalue weighted by Crippen LogP contribution is -2.41. The van der Waals surface area contributed by atoms with E-state index in [1.807, 2.05) is 18.2 Å². The number of nitrogens with zero attached hydrogens (tertiary/aromatic N) is 1. The van der Waals surface area contributed by atoms with Crippen LogP contribution in [0.5, 0.6) is 0 Å². The van der Waals surface area contributed by atoms with Gasteiger partial charge in [0.1, 0.15) is 0 Å². The van der Waals surface area contributed by atoms with Crippen LogP contribution >= 0.6 is 38.9 Å². The van der Waals surface area contributed by atoms with Crippen molar-refractivity contribution in [3.05, 3.63) is 85.5 Å². The fraction of sp³-hybridized carbons (Fsp3) is 0.143. The zero-order valence-electron chi connectivity index (χ0n) is 14.6. The van der Waals surface area contributed by atoms with Crippen molar-refractivity contribution in [2.75, 3.05) is 4.90 Å². The number of Topliss-reactive ketones (excluding diaryl/α,β-unsaturated/α-hetero) is 1. The number of fused-ring (bicyclic) bond motifs is 1. The second-order valence-electron chi connectivity index (χ2n) is 6.60. The monoisotopic (exact) mass is 475 g/mol. The first kappa shape index (κ1) is 19.3. The molecule has 1 N–H and O–H groups in total. The van der Waals surface area contributed by atoms with Crippen LogP contribution in [0.3, 0.4) is 0 Å². The highest BCUT2D eigenvalue weighted by Gasteiger charge is 2.50. The third-order valence-electron chi connectivity index (χ3n) is 4.76. The lowest BCUT2D eigenvalue weighted by atomic mass is 9.89. The summed E-state index contributed by atoms with van der Waals surface area (Å²) in [6, 6.07) is 17.7. The first-order chi connectivity index (χ1) is 13.4. The van der Waals surface area contributed by atoms with Crippen molar-refractivity contribution < 1.29 is 14.7 Å². The Morgan fingerprint density at radius 2 is 1.82 bits per heavy atom. The van der Waals surface area contributed by atoms with Gasteiger partial charge in [0, 0.05) is 10.6 Å². The van der Waals surface area contributed by atoms with E-state index in [0.717, 1.165) is 9.35 Å². The van der Waals surface area contributed by atoms with Crippen molar-refractivity contribution in [1.29, 1.82) is 0 Å². The number of benzene rings is 2. The topological polar surface area (TPSA) is 57.6 Å². The number of anilines is 1. The first-order valence-electron chi connectivity index (χ1n) is 8.55. The van der Waals surface area contributed by atoms with E-state index in [0.29, 0.717) is 21.2 Å². The summed E-state index contributed by atoms with van der Waals surface area (Å²) in [5.74, 6) is -0.762. The summed E-state index contributed by atoms with van der Waals surface area (Å²) in [6.07, 6.45) is -0.299. The van der Waals surface area contributed by atoms with Gasteiger partial charge < -0.3 is 10.0 Å². The summed E-state index contributed by atoms with van der Waals surface area (Å²) >= 11 is 10.6. The normalized spacial score (nSPS) is 18.4. The second kappa shape index (κ2) is 7.44. The Morgan fingerprint density at radius 3 is 2.50 bits per heavy atom. The molecule has 4 rings (SSSR count). The lowest BCUT2D eigenvalue weighted by Gasteiger charge is -2.22. The van der Waals surface area contributed by atoms with Gasteiger partial charge in [-0.15, -0.1) is 11.3 Å². The number of halogens is 2. The maximum atomic E-state index is 13.2. The quantitative estimate of drug-likeness (QED) is 0.517. The maximum Gasteiger partial charge on any atom is 0.264 e. The average Bonchev–Trinajstić information content (AvgIpc) is 3.20. The number of hydrogen-bond acceptors (Lipinski definition) is 4. The van der Waals surface area contributed by atoms with Gasteiger partial charge in [0.25, 0.3) is 5.91 Å². The zero-order chi connectivity index (χ0) is 19.9. The van der Waals surface area contributed by atoms with Gasteiger partial charge in [0.05, 0.1) is 27.3 Å². The summed E-state index contributed by atoms with van der Waals surface area (Å²) in [5, 5.41) is 11.9. The Morgan fingerprint density at radius 1 is 1.11 bits per heavy atom. The number of para-hydroxylation sites is 1. The second-order valence-corrected chi connectivity index (χ2v) is 9.50. The first-order valence-corrected chi connectivity index (χ1v) is 10.5. The molecule has 1 atom stereocenters. The fourth-order valence-corrected chi connectivity index (χ4v) is 4.84. The number of aliphatic hydroxyl groups is 1. The number of hydrogen-bond donors (Lipinski definition) is 1. The summed E-state index contributed by atoms with van der Waals surface area (Å²) in [7, 11) is 0. The van der Waals surface area contributed by atoms with Crippen molar-refractivity contribution in [3.63, 3.8) is 0 Å². The molecule has 1 aliphatic rings. The molecule has 0 saturated carbocycles. The highest BCUT2D eigenvalue weighted by Crippen LogP contribution is 2.44. The van der Waals surface area contributed by atoms with Crippen molar-refractivity contribution in [3.8, 4) is 0 Å². The molecule has 2 heterocycles.